The number of hydrogen-bond donors (Lipinski definition) is 4. The van der Waals surface area contributed by atoms with E-state index in [9.17, 15) is 15.0 Å². The number of aliphatic hydroxyl groups is 2. The number of benzene rings is 1. The monoisotopic (exact) mass is 266 g/mol. The number of hydrogen-bond acceptors (Lipinski definition) is 5. The second kappa shape index (κ2) is 6.12. The number of aliphatic hydroxyl groups excluding tert-OH is 2. The molecule has 0 aliphatic carbocycles. The van der Waals surface area contributed by atoms with Crippen LogP contribution in [0, 0.1) is 0 Å². The number of ether oxygens (including phenoxy) is 1. The Morgan fingerprint density at radius 2 is 1.84 bits per heavy atom. The van der Waals surface area contributed by atoms with Crippen molar-refractivity contribution in [3.05, 3.63) is 30.3 Å². The number of rotatable bonds is 4. The Balaban J connectivity index is 1.89. The van der Waals surface area contributed by atoms with Crippen LogP contribution in [0.5, 0.6) is 0 Å². The van der Waals surface area contributed by atoms with Gasteiger partial charge in [-0.05, 0) is 12.1 Å². The maximum absolute atomic E-state index is 11.8. The summed E-state index contributed by atoms with van der Waals surface area (Å²) in [5.41, 5.74) is 6.08. The van der Waals surface area contributed by atoms with Crippen molar-refractivity contribution in [1.82, 2.24) is 0 Å². The summed E-state index contributed by atoms with van der Waals surface area (Å²) in [6, 6.07) is 9.00. The molecule has 1 heterocycles. The van der Waals surface area contributed by atoms with E-state index in [0.29, 0.717) is 5.69 Å². The van der Waals surface area contributed by atoms with Crippen LogP contribution in [0.1, 0.15) is 6.42 Å². The van der Waals surface area contributed by atoms with E-state index in [-0.39, 0.29) is 18.9 Å². The zero-order chi connectivity index (χ0) is 13.8. The molecule has 1 aliphatic rings. The van der Waals surface area contributed by atoms with Crippen molar-refractivity contribution in [3.8, 4) is 0 Å². The maximum Gasteiger partial charge on any atom is 0.227 e. The second-order valence-electron chi connectivity index (χ2n) is 4.55. The Bertz CT molecular complexity index is 426. The van der Waals surface area contributed by atoms with Crippen molar-refractivity contribution >= 4 is 11.6 Å². The average molecular weight is 266 g/mol. The standard InChI is InChI=1S/C13H18N2O4/c14-7-10-13(18)12(17)9(19-10)6-11(16)15-8-4-2-1-3-5-8/h1-5,9-10,12-13,17-18H,6-7,14H2,(H,15,16). The third kappa shape index (κ3) is 3.30. The third-order valence-electron chi connectivity index (χ3n) is 3.14. The summed E-state index contributed by atoms with van der Waals surface area (Å²) in [7, 11) is 0. The van der Waals surface area contributed by atoms with Crippen LogP contribution in [0.3, 0.4) is 0 Å². The number of nitrogens with two attached hydrogens (primary N) is 1. The van der Waals surface area contributed by atoms with Crippen LogP contribution in [0.4, 0.5) is 5.69 Å². The molecule has 1 aliphatic heterocycles. The minimum absolute atomic E-state index is 0.0242. The molecule has 6 nitrogen and oxygen atoms in total. The molecule has 6 heteroatoms. The summed E-state index contributed by atoms with van der Waals surface area (Å²) in [4.78, 5) is 11.8. The van der Waals surface area contributed by atoms with Gasteiger partial charge in [-0.2, -0.15) is 0 Å². The van der Waals surface area contributed by atoms with Crippen LogP contribution in [-0.2, 0) is 9.53 Å². The quantitative estimate of drug-likeness (QED) is 0.586. The molecule has 0 spiro atoms. The van der Waals surface area contributed by atoms with E-state index in [0.717, 1.165) is 0 Å². The molecule has 0 saturated carbocycles. The van der Waals surface area contributed by atoms with Crippen molar-refractivity contribution in [2.24, 2.45) is 5.73 Å². The van der Waals surface area contributed by atoms with Gasteiger partial charge >= 0.3 is 0 Å². The van der Waals surface area contributed by atoms with Crippen LogP contribution >= 0.6 is 0 Å². The average Bonchev–Trinajstić information content (AvgIpc) is 2.67. The number of amides is 1. The van der Waals surface area contributed by atoms with Crippen molar-refractivity contribution in [3.63, 3.8) is 0 Å². The smallest absolute Gasteiger partial charge is 0.227 e. The number of para-hydroxylation sites is 1. The lowest BCUT2D eigenvalue weighted by Crippen LogP contribution is -2.36. The summed E-state index contributed by atoms with van der Waals surface area (Å²) in [5, 5.41) is 22.1. The summed E-state index contributed by atoms with van der Waals surface area (Å²) in [6.07, 6.45) is -3.50. The van der Waals surface area contributed by atoms with Gasteiger partial charge in [-0.25, -0.2) is 0 Å². The topological polar surface area (TPSA) is 105 Å². The van der Waals surface area contributed by atoms with Gasteiger partial charge in [0.2, 0.25) is 5.91 Å². The Kier molecular flexibility index (Phi) is 4.49. The fourth-order valence-corrected chi connectivity index (χ4v) is 2.11. The lowest BCUT2D eigenvalue weighted by molar-refractivity contribution is -0.120. The second-order valence-corrected chi connectivity index (χ2v) is 4.55. The molecule has 104 valence electrons. The minimum atomic E-state index is -1.09. The van der Waals surface area contributed by atoms with E-state index in [4.69, 9.17) is 10.5 Å². The van der Waals surface area contributed by atoms with E-state index in [2.05, 4.69) is 5.32 Å². The minimum Gasteiger partial charge on any atom is -0.388 e. The largest absolute Gasteiger partial charge is 0.388 e. The predicted octanol–water partition coefficient (Wildman–Crippen LogP) is -0.537. The van der Waals surface area contributed by atoms with Gasteiger partial charge in [-0.1, -0.05) is 18.2 Å². The lowest BCUT2D eigenvalue weighted by Gasteiger charge is -2.14. The molecule has 2 rings (SSSR count). The van der Waals surface area contributed by atoms with Crippen LogP contribution in [0.2, 0.25) is 0 Å². The third-order valence-corrected chi connectivity index (χ3v) is 3.14. The Hall–Kier alpha value is -1.47. The molecule has 19 heavy (non-hydrogen) atoms. The van der Waals surface area contributed by atoms with Crippen molar-refractivity contribution < 1.29 is 19.7 Å². The fraction of sp³-hybridized carbons (Fsp3) is 0.462. The molecular weight excluding hydrogens is 248 g/mol. The molecule has 4 atom stereocenters. The van der Waals surface area contributed by atoms with Crippen LogP contribution in [0.15, 0.2) is 30.3 Å². The first kappa shape index (κ1) is 14.0. The van der Waals surface area contributed by atoms with E-state index >= 15 is 0 Å². The van der Waals surface area contributed by atoms with Crippen molar-refractivity contribution in [2.75, 3.05) is 11.9 Å². The fourth-order valence-electron chi connectivity index (χ4n) is 2.11. The van der Waals surface area contributed by atoms with Gasteiger partial charge in [0.1, 0.15) is 12.2 Å². The number of carbonyl (C=O) groups is 1. The van der Waals surface area contributed by atoms with E-state index in [1.807, 2.05) is 18.2 Å². The van der Waals surface area contributed by atoms with Crippen LogP contribution in [-0.4, -0.2) is 47.1 Å². The highest BCUT2D eigenvalue weighted by Crippen LogP contribution is 2.23. The van der Waals surface area contributed by atoms with Gasteiger partial charge in [0.05, 0.1) is 18.6 Å². The van der Waals surface area contributed by atoms with Gasteiger partial charge in [0, 0.05) is 12.2 Å². The summed E-state index contributed by atoms with van der Waals surface area (Å²) >= 11 is 0. The van der Waals surface area contributed by atoms with E-state index < -0.39 is 24.4 Å². The van der Waals surface area contributed by atoms with Gasteiger partial charge in [-0.15, -0.1) is 0 Å². The van der Waals surface area contributed by atoms with Gasteiger partial charge in [-0.3, -0.25) is 4.79 Å². The highest BCUT2D eigenvalue weighted by molar-refractivity contribution is 5.91. The molecule has 1 aromatic carbocycles. The Morgan fingerprint density at radius 3 is 2.42 bits per heavy atom. The zero-order valence-corrected chi connectivity index (χ0v) is 10.4. The molecule has 5 N–H and O–H groups in total. The Morgan fingerprint density at radius 1 is 1.21 bits per heavy atom. The van der Waals surface area contributed by atoms with Crippen molar-refractivity contribution in [2.45, 2.75) is 30.8 Å². The van der Waals surface area contributed by atoms with Crippen LogP contribution < -0.4 is 11.1 Å². The number of carbonyl (C=O) groups excluding carboxylic acids is 1. The summed E-state index contributed by atoms with van der Waals surface area (Å²) in [6.45, 7) is 0.106. The predicted molar refractivity (Wildman–Crippen MR) is 69.4 cm³/mol. The van der Waals surface area contributed by atoms with E-state index in [1.54, 1.807) is 12.1 Å². The Labute approximate surface area is 111 Å². The number of nitrogens with one attached hydrogen (secondary N) is 1. The normalized spacial score (nSPS) is 30.3. The summed E-state index contributed by atoms with van der Waals surface area (Å²) in [5.74, 6) is -0.278. The highest BCUT2D eigenvalue weighted by Gasteiger charge is 2.42. The number of anilines is 1. The zero-order valence-electron chi connectivity index (χ0n) is 10.4. The first-order valence-electron chi connectivity index (χ1n) is 6.18. The summed E-state index contributed by atoms with van der Waals surface area (Å²) < 4.78 is 5.36. The van der Waals surface area contributed by atoms with Gasteiger partial charge in [0.15, 0.2) is 0 Å². The molecule has 1 amide bonds. The highest BCUT2D eigenvalue weighted by atomic mass is 16.5. The molecule has 0 radical (unpaired) electrons. The first-order chi connectivity index (χ1) is 9.11. The van der Waals surface area contributed by atoms with Crippen LogP contribution in [0.25, 0.3) is 0 Å². The molecule has 1 aromatic rings. The lowest BCUT2D eigenvalue weighted by atomic mass is 10.1. The molecule has 1 fully saturated rings. The molecule has 1 saturated heterocycles. The SMILES string of the molecule is NCC1OC(CC(=O)Nc2ccccc2)C(O)C1O. The van der Waals surface area contributed by atoms with Gasteiger partial charge in [0.25, 0.3) is 0 Å². The van der Waals surface area contributed by atoms with E-state index in [1.165, 1.54) is 0 Å². The molecular formula is C13H18N2O4. The molecule has 0 bridgehead atoms. The maximum atomic E-state index is 11.8. The molecule has 4 unspecified atom stereocenters. The molecule has 0 aromatic heterocycles. The first-order valence-corrected chi connectivity index (χ1v) is 6.18. The van der Waals surface area contributed by atoms with Gasteiger partial charge < -0.3 is 26.0 Å². The van der Waals surface area contributed by atoms with Crippen molar-refractivity contribution in [1.29, 1.82) is 0 Å².